The van der Waals surface area contributed by atoms with Crippen LogP contribution in [0.15, 0.2) is 59.1 Å². The highest BCUT2D eigenvalue weighted by atomic mass is 127. The van der Waals surface area contributed by atoms with Gasteiger partial charge >= 0.3 is 0 Å². The van der Waals surface area contributed by atoms with Crippen LogP contribution in [0, 0.1) is 3.57 Å². The number of hydrogen-bond donors (Lipinski definition) is 0. The van der Waals surface area contributed by atoms with Gasteiger partial charge in [-0.15, -0.1) is 0 Å². The van der Waals surface area contributed by atoms with Crippen LogP contribution >= 0.6 is 22.6 Å². The summed E-state index contributed by atoms with van der Waals surface area (Å²) in [5.74, 6) is 1.16. The Kier molecular flexibility index (Phi) is 3.10. The summed E-state index contributed by atoms with van der Waals surface area (Å²) < 4.78 is 6.43. The second-order valence-electron chi connectivity index (χ2n) is 3.80. The highest BCUT2D eigenvalue weighted by molar-refractivity contribution is 14.1. The standard InChI is InChI=1S/C14H9IN2O/c15-12-8-4-7-11(9-12)13-16-14(18-17-13)10-5-2-1-3-6-10/h1-9H. The minimum absolute atomic E-state index is 0.546. The van der Waals surface area contributed by atoms with Crippen molar-refractivity contribution in [3.8, 4) is 22.8 Å². The lowest BCUT2D eigenvalue weighted by atomic mass is 10.2. The zero-order chi connectivity index (χ0) is 12.4. The Labute approximate surface area is 118 Å². The Balaban J connectivity index is 2.00. The minimum atomic E-state index is 0.546. The summed E-state index contributed by atoms with van der Waals surface area (Å²) in [6.45, 7) is 0. The molecule has 1 aromatic heterocycles. The predicted octanol–water partition coefficient (Wildman–Crippen LogP) is 4.01. The molecule has 0 aliphatic carbocycles. The highest BCUT2D eigenvalue weighted by Gasteiger charge is 2.09. The average molecular weight is 348 g/mol. The van der Waals surface area contributed by atoms with Crippen molar-refractivity contribution >= 4 is 22.6 Å². The number of rotatable bonds is 2. The summed E-state index contributed by atoms with van der Waals surface area (Å²) in [4.78, 5) is 4.41. The van der Waals surface area contributed by atoms with Gasteiger partial charge in [-0.2, -0.15) is 4.98 Å². The second-order valence-corrected chi connectivity index (χ2v) is 5.05. The van der Waals surface area contributed by atoms with Crippen LogP contribution in [-0.2, 0) is 0 Å². The summed E-state index contributed by atoms with van der Waals surface area (Å²) in [5, 5.41) is 4.01. The third-order valence-corrected chi connectivity index (χ3v) is 3.20. The lowest BCUT2D eigenvalue weighted by molar-refractivity contribution is 0.432. The van der Waals surface area contributed by atoms with E-state index in [1.807, 2.05) is 54.6 Å². The van der Waals surface area contributed by atoms with E-state index in [4.69, 9.17) is 4.52 Å². The molecule has 0 bridgehead atoms. The fourth-order valence-corrected chi connectivity index (χ4v) is 2.21. The van der Waals surface area contributed by atoms with Crippen molar-refractivity contribution in [3.05, 3.63) is 58.2 Å². The smallest absolute Gasteiger partial charge is 0.258 e. The van der Waals surface area contributed by atoms with Gasteiger partial charge in [-0.1, -0.05) is 35.5 Å². The van der Waals surface area contributed by atoms with Gasteiger partial charge in [-0.25, -0.2) is 0 Å². The van der Waals surface area contributed by atoms with E-state index < -0.39 is 0 Å². The first-order valence-electron chi connectivity index (χ1n) is 5.48. The molecule has 0 spiro atoms. The van der Waals surface area contributed by atoms with Gasteiger partial charge in [0.15, 0.2) is 0 Å². The van der Waals surface area contributed by atoms with Crippen LogP contribution in [0.1, 0.15) is 0 Å². The van der Waals surface area contributed by atoms with Gasteiger partial charge in [0.25, 0.3) is 5.89 Å². The maximum Gasteiger partial charge on any atom is 0.258 e. The van der Waals surface area contributed by atoms with Crippen molar-refractivity contribution in [3.63, 3.8) is 0 Å². The average Bonchev–Trinajstić information content (AvgIpc) is 2.89. The summed E-state index contributed by atoms with van der Waals surface area (Å²) in [6.07, 6.45) is 0. The van der Waals surface area contributed by atoms with Crippen LogP contribution in [0.3, 0.4) is 0 Å². The number of nitrogens with zero attached hydrogens (tertiary/aromatic N) is 2. The third kappa shape index (κ3) is 2.28. The van der Waals surface area contributed by atoms with Gasteiger partial charge in [0.2, 0.25) is 5.82 Å². The lowest BCUT2D eigenvalue weighted by Gasteiger charge is -1.94. The Morgan fingerprint density at radius 2 is 1.67 bits per heavy atom. The summed E-state index contributed by atoms with van der Waals surface area (Å²) in [7, 11) is 0. The molecule has 0 unspecified atom stereocenters. The molecule has 2 aromatic carbocycles. The molecular weight excluding hydrogens is 339 g/mol. The number of halogens is 1. The molecule has 3 rings (SSSR count). The van der Waals surface area contributed by atoms with Gasteiger partial charge in [-0.3, -0.25) is 0 Å². The van der Waals surface area contributed by atoms with E-state index in [0.29, 0.717) is 11.7 Å². The molecule has 0 N–H and O–H groups in total. The topological polar surface area (TPSA) is 38.9 Å². The first kappa shape index (κ1) is 11.4. The molecule has 0 aliphatic rings. The van der Waals surface area contributed by atoms with Crippen molar-refractivity contribution < 1.29 is 4.52 Å². The third-order valence-electron chi connectivity index (χ3n) is 2.53. The molecule has 18 heavy (non-hydrogen) atoms. The van der Waals surface area contributed by atoms with Gasteiger partial charge in [0, 0.05) is 14.7 Å². The molecule has 4 heteroatoms. The maximum absolute atomic E-state index is 5.28. The van der Waals surface area contributed by atoms with Crippen LogP contribution in [0.2, 0.25) is 0 Å². The molecule has 1 heterocycles. The van der Waals surface area contributed by atoms with Crippen molar-refractivity contribution in [2.24, 2.45) is 0 Å². The molecule has 0 radical (unpaired) electrons. The van der Waals surface area contributed by atoms with E-state index >= 15 is 0 Å². The first-order chi connectivity index (χ1) is 8.83. The fourth-order valence-electron chi connectivity index (χ4n) is 1.67. The van der Waals surface area contributed by atoms with E-state index in [0.717, 1.165) is 14.7 Å². The molecule has 0 aliphatic heterocycles. The minimum Gasteiger partial charge on any atom is -0.334 e. The van der Waals surface area contributed by atoms with E-state index in [-0.39, 0.29) is 0 Å². The van der Waals surface area contributed by atoms with Crippen LogP contribution in [0.4, 0.5) is 0 Å². The molecule has 0 fully saturated rings. The zero-order valence-corrected chi connectivity index (χ0v) is 11.5. The maximum atomic E-state index is 5.28. The summed E-state index contributed by atoms with van der Waals surface area (Å²) >= 11 is 2.26. The van der Waals surface area contributed by atoms with Gasteiger partial charge in [-0.05, 0) is 46.9 Å². The quantitative estimate of drug-likeness (QED) is 0.657. The Morgan fingerprint density at radius 3 is 2.44 bits per heavy atom. The summed E-state index contributed by atoms with van der Waals surface area (Å²) in [6, 6.07) is 17.8. The van der Waals surface area contributed by atoms with Gasteiger partial charge in [0.1, 0.15) is 0 Å². The van der Waals surface area contributed by atoms with Crippen molar-refractivity contribution in [2.45, 2.75) is 0 Å². The monoisotopic (exact) mass is 348 g/mol. The van der Waals surface area contributed by atoms with Crippen LogP contribution in [-0.4, -0.2) is 10.1 Å². The fraction of sp³-hybridized carbons (Fsp3) is 0. The first-order valence-corrected chi connectivity index (χ1v) is 6.56. The number of hydrogen-bond acceptors (Lipinski definition) is 3. The van der Waals surface area contributed by atoms with E-state index in [9.17, 15) is 0 Å². The molecule has 0 amide bonds. The molecule has 88 valence electrons. The number of benzene rings is 2. The van der Waals surface area contributed by atoms with Crippen LogP contribution < -0.4 is 0 Å². The van der Waals surface area contributed by atoms with Gasteiger partial charge in [0.05, 0.1) is 0 Å². The van der Waals surface area contributed by atoms with Crippen molar-refractivity contribution in [1.82, 2.24) is 10.1 Å². The van der Waals surface area contributed by atoms with Crippen molar-refractivity contribution in [1.29, 1.82) is 0 Å². The zero-order valence-electron chi connectivity index (χ0n) is 9.38. The molecule has 0 atom stereocenters. The van der Waals surface area contributed by atoms with E-state index in [2.05, 4.69) is 32.7 Å². The Bertz CT molecular complexity index is 664. The lowest BCUT2D eigenvalue weighted by Crippen LogP contribution is -1.82. The van der Waals surface area contributed by atoms with Crippen LogP contribution in [0.25, 0.3) is 22.8 Å². The highest BCUT2D eigenvalue weighted by Crippen LogP contribution is 2.22. The van der Waals surface area contributed by atoms with Gasteiger partial charge < -0.3 is 4.52 Å². The molecule has 3 aromatic rings. The predicted molar refractivity (Wildman–Crippen MR) is 77.9 cm³/mol. The SMILES string of the molecule is Ic1cccc(-c2noc(-c3ccccc3)n2)c1. The molecule has 0 saturated carbocycles. The Hall–Kier alpha value is -1.69. The molecule has 0 saturated heterocycles. The molecule has 3 nitrogen and oxygen atoms in total. The van der Waals surface area contributed by atoms with E-state index in [1.54, 1.807) is 0 Å². The van der Waals surface area contributed by atoms with Crippen molar-refractivity contribution in [2.75, 3.05) is 0 Å². The number of aromatic nitrogens is 2. The molecular formula is C14H9IN2O. The summed E-state index contributed by atoms with van der Waals surface area (Å²) in [5.41, 5.74) is 1.90. The van der Waals surface area contributed by atoms with Crippen LogP contribution in [0.5, 0.6) is 0 Å². The normalized spacial score (nSPS) is 10.5. The second kappa shape index (κ2) is 4.89. The Morgan fingerprint density at radius 1 is 0.889 bits per heavy atom. The van der Waals surface area contributed by atoms with E-state index in [1.165, 1.54) is 0 Å². The largest absolute Gasteiger partial charge is 0.334 e.